The highest BCUT2D eigenvalue weighted by atomic mass is 16.5. The Hall–Kier alpha value is -0.650. The summed E-state index contributed by atoms with van der Waals surface area (Å²) in [7, 11) is 2.30. The van der Waals surface area contributed by atoms with Crippen molar-refractivity contribution in [1.82, 2.24) is 14.7 Å². The molecule has 0 aromatic carbocycles. The van der Waals surface area contributed by atoms with Gasteiger partial charge in [0.15, 0.2) is 0 Å². The summed E-state index contributed by atoms with van der Waals surface area (Å²) in [5.41, 5.74) is 0.278. The minimum atomic E-state index is 0.278. The number of piperazine rings is 1. The second-order valence-electron chi connectivity index (χ2n) is 9.68. The molecule has 3 aliphatic heterocycles. The molecule has 1 aliphatic carbocycles. The highest BCUT2D eigenvalue weighted by Crippen LogP contribution is 2.33. The molecule has 0 bridgehead atoms. The predicted octanol–water partition coefficient (Wildman–Crippen LogP) is 2.60. The fourth-order valence-electron chi connectivity index (χ4n) is 5.89. The smallest absolute Gasteiger partial charge is 0.222 e. The molecule has 1 unspecified atom stereocenters. The topological polar surface area (TPSA) is 36.0 Å². The molecule has 154 valence electrons. The minimum Gasteiger partial charge on any atom is -0.381 e. The zero-order valence-corrected chi connectivity index (χ0v) is 17.3. The molecule has 0 N–H and O–H groups in total. The molecule has 1 atom stereocenters. The Labute approximate surface area is 165 Å². The zero-order valence-electron chi connectivity index (χ0n) is 17.3. The molecule has 4 aliphatic rings. The van der Waals surface area contributed by atoms with E-state index in [9.17, 15) is 4.79 Å². The van der Waals surface area contributed by atoms with Crippen LogP contribution in [0.25, 0.3) is 0 Å². The van der Waals surface area contributed by atoms with Crippen molar-refractivity contribution >= 4 is 5.91 Å². The number of hydrogen-bond donors (Lipinski definition) is 0. The second kappa shape index (κ2) is 8.79. The lowest BCUT2D eigenvalue weighted by atomic mass is 9.83. The summed E-state index contributed by atoms with van der Waals surface area (Å²) in [5, 5.41) is 0. The van der Waals surface area contributed by atoms with Gasteiger partial charge in [0.25, 0.3) is 0 Å². The highest BCUT2D eigenvalue weighted by Gasteiger charge is 2.43. The van der Waals surface area contributed by atoms with Gasteiger partial charge in [-0.05, 0) is 44.6 Å². The number of hydrogen-bond acceptors (Lipinski definition) is 4. The summed E-state index contributed by atoms with van der Waals surface area (Å²) in [5.74, 6) is 1.96. The highest BCUT2D eigenvalue weighted by molar-refractivity contribution is 5.76. The third-order valence-corrected chi connectivity index (χ3v) is 7.91. The van der Waals surface area contributed by atoms with Crippen LogP contribution in [0, 0.1) is 11.8 Å². The van der Waals surface area contributed by atoms with E-state index in [1.807, 2.05) is 0 Å². The van der Waals surface area contributed by atoms with Gasteiger partial charge in [0.1, 0.15) is 0 Å². The zero-order chi connectivity index (χ0) is 18.7. The van der Waals surface area contributed by atoms with Crippen LogP contribution in [-0.2, 0) is 9.53 Å². The van der Waals surface area contributed by atoms with Crippen LogP contribution in [-0.4, -0.2) is 85.7 Å². The van der Waals surface area contributed by atoms with Crippen molar-refractivity contribution in [2.45, 2.75) is 63.3 Å². The minimum absolute atomic E-state index is 0.278. The normalized spacial score (nSPS) is 30.4. The van der Waals surface area contributed by atoms with Gasteiger partial charge in [-0.15, -0.1) is 0 Å². The van der Waals surface area contributed by atoms with Crippen LogP contribution in [0.4, 0.5) is 0 Å². The Balaban J connectivity index is 1.26. The molecule has 1 saturated carbocycles. The number of ether oxygens (including phenoxy) is 1. The van der Waals surface area contributed by atoms with Crippen LogP contribution in [0.1, 0.15) is 57.8 Å². The van der Waals surface area contributed by atoms with Crippen LogP contribution in [0.2, 0.25) is 0 Å². The molecule has 4 fully saturated rings. The number of carbonyl (C=O) groups is 1. The molecule has 1 spiro atoms. The number of amides is 1. The summed E-state index contributed by atoms with van der Waals surface area (Å²) in [6.07, 6.45) is 10.8. The predicted molar refractivity (Wildman–Crippen MR) is 108 cm³/mol. The van der Waals surface area contributed by atoms with Crippen LogP contribution in [0.5, 0.6) is 0 Å². The first kappa shape index (κ1) is 19.7. The second-order valence-corrected chi connectivity index (χ2v) is 9.68. The summed E-state index contributed by atoms with van der Waals surface area (Å²) in [6, 6.07) is 0. The number of rotatable bonds is 5. The molecule has 0 radical (unpaired) electrons. The summed E-state index contributed by atoms with van der Waals surface area (Å²) in [4.78, 5) is 20.1. The largest absolute Gasteiger partial charge is 0.381 e. The molecule has 3 saturated heterocycles. The van der Waals surface area contributed by atoms with Crippen LogP contribution in [0.15, 0.2) is 0 Å². The van der Waals surface area contributed by atoms with Gasteiger partial charge >= 0.3 is 0 Å². The fraction of sp³-hybridized carbons (Fsp3) is 0.955. The Morgan fingerprint density at radius 3 is 2.52 bits per heavy atom. The van der Waals surface area contributed by atoms with Gasteiger partial charge in [-0.25, -0.2) is 0 Å². The van der Waals surface area contributed by atoms with Crippen LogP contribution >= 0.6 is 0 Å². The SMILES string of the molecule is CN1CCN(CC2CCOC2)CC12CCN(C(=O)CCC1CCCC1)CC2. The van der Waals surface area contributed by atoms with Gasteiger partial charge < -0.3 is 9.64 Å². The van der Waals surface area contributed by atoms with Crippen molar-refractivity contribution in [1.29, 1.82) is 0 Å². The van der Waals surface area contributed by atoms with Crippen molar-refractivity contribution in [2.24, 2.45) is 11.8 Å². The number of likely N-dealkylation sites (tertiary alicyclic amines) is 1. The van der Waals surface area contributed by atoms with Gasteiger partial charge in [0, 0.05) is 57.8 Å². The lowest BCUT2D eigenvalue weighted by Crippen LogP contribution is -2.65. The third kappa shape index (κ3) is 4.68. The average molecular weight is 378 g/mol. The van der Waals surface area contributed by atoms with E-state index < -0.39 is 0 Å². The number of likely N-dealkylation sites (N-methyl/N-ethyl adjacent to an activating group) is 1. The quantitative estimate of drug-likeness (QED) is 0.738. The van der Waals surface area contributed by atoms with Gasteiger partial charge in [-0.1, -0.05) is 25.7 Å². The number of piperidine rings is 1. The van der Waals surface area contributed by atoms with Crippen molar-refractivity contribution in [3.05, 3.63) is 0 Å². The first-order chi connectivity index (χ1) is 13.1. The maximum Gasteiger partial charge on any atom is 0.222 e. The van der Waals surface area contributed by atoms with Gasteiger partial charge in [0.05, 0.1) is 6.61 Å². The third-order valence-electron chi connectivity index (χ3n) is 7.91. The van der Waals surface area contributed by atoms with Crippen molar-refractivity contribution < 1.29 is 9.53 Å². The van der Waals surface area contributed by atoms with E-state index in [0.29, 0.717) is 5.91 Å². The standard InChI is InChI=1S/C22H39N3O2/c1-23-13-14-24(16-20-8-15-27-17-20)18-22(23)9-11-25(12-10-22)21(26)7-6-19-4-2-3-5-19/h19-20H,2-18H2,1H3. The first-order valence-corrected chi connectivity index (χ1v) is 11.4. The van der Waals surface area contributed by atoms with Crippen molar-refractivity contribution in [3.63, 3.8) is 0 Å². The Bertz CT molecular complexity index is 492. The van der Waals surface area contributed by atoms with E-state index in [2.05, 4.69) is 21.7 Å². The average Bonchev–Trinajstić information content (AvgIpc) is 3.37. The van der Waals surface area contributed by atoms with E-state index in [-0.39, 0.29) is 5.54 Å². The molecule has 5 nitrogen and oxygen atoms in total. The Morgan fingerprint density at radius 1 is 1.04 bits per heavy atom. The lowest BCUT2D eigenvalue weighted by Gasteiger charge is -2.53. The molecule has 0 aromatic heterocycles. The Morgan fingerprint density at radius 2 is 1.81 bits per heavy atom. The van der Waals surface area contributed by atoms with E-state index in [1.165, 1.54) is 51.7 Å². The van der Waals surface area contributed by atoms with Crippen LogP contribution < -0.4 is 0 Å². The molecule has 0 aromatic rings. The van der Waals surface area contributed by atoms with Crippen molar-refractivity contribution in [3.8, 4) is 0 Å². The monoisotopic (exact) mass is 377 g/mol. The maximum absolute atomic E-state index is 12.7. The van der Waals surface area contributed by atoms with E-state index in [1.54, 1.807) is 0 Å². The molecule has 27 heavy (non-hydrogen) atoms. The molecular formula is C22H39N3O2. The molecule has 3 heterocycles. The Kier molecular flexibility index (Phi) is 6.40. The van der Waals surface area contributed by atoms with Crippen molar-refractivity contribution in [2.75, 3.05) is 59.5 Å². The van der Waals surface area contributed by atoms with Crippen LogP contribution in [0.3, 0.4) is 0 Å². The molecule has 5 heteroatoms. The van der Waals surface area contributed by atoms with Gasteiger partial charge in [-0.2, -0.15) is 0 Å². The fourth-order valence-corrected chi connectivity index (χ4v) is 5.89. The van der Waals surface area contributed by atoms with E-state index in [4.69, 9.17) is 4.74 Å². The van der Waals surface area contributed by atoms with Gasteiger partial charge in [0.2, 0.25) is 5.91 Å². The summed E-state index contributed by atoms with van der Waals surface area (Å²) < 4.78 is 5.58. The molecular weight excluding hydrogens is 338 g/mol. The van der Waals surface area contributed by atoms with E-state index >= 15 is 0 Å². The van der Waals surface area contributed by atoms with Gasteiger partial charge in [-0.3, -0.25) is 14.6 Å². The first-order valence-electron chi connectivity index (χ1n) is 11.4. The summed E-state index contributed by atoms with van der Waals surface area (Å²) >= 11 is 0. The van der Waals surface area contributed by atoms with E-state index in [0.717, 1.165) is 70.4 Å². The summed E-state index contributed by atoms with van der Waals surface area (Å²) in [6.45, 7) is 8.50. The maximum atomic E-state index is 12.7. The molecule has 4 rings (SSSR count). The number of nitrogens with zero attached hydrogens (tertiary/aromatic N) is 3. The number of carbonyl (C=O) groups excluding carboxylic acids is 1. The lowest BCUT2D eigenvalue weighted by molar-refractivity contribution is -0.135. The molecule has 1 amide bonds.